The standard InChI is InChI=1S/C29H33FN2O2.ClH/c30-27-14-12-26(13-15-27)29(34)17-20-32(21-18-29)19-7-16-28(22-31-23-33,24-8-3-1-4-9-24)25-10-5-2-6-11-25;/h1-6,8-15,23,34H,7,16-22H2,(H,31,33);1H. The van der Waals surface area contributed by atoms with Gasteiger partial charge >= 0.3 is 0 Å². The molecule has 0 unspecified atom stereocenters. The number of halogens is 2. The topological polar surface area (TPSA) is 52.6 Å². The molecule has 2 N–H and O–H groups in total. The lowest BCUT2D eigenvalue weighted by Crippen LogP contribution is -2.44. The van der Waals surface area contributed by atoms with Crippen LogP contribution in [0.2, 0.25) is 0 Å². The van der Waals surface area contributed by atoms with Gasteiger partial charge in [-0.1, -0.05) is 72.8 Å². The molecule has 0 aromatic heterocycles. The Kier molecular flexibility index (Phi) is 9.44. The average molecular weight is 497 g/mol. The number of carbonyl (C=O) groups excluding carboxylic acids is 1. The Hall–Kier alpha value is -2.73. The van der Waals surface area contributed by atoms with Crippen molar-refractivity contribution in [3.05, 3.63) is 107 Å². The molecule has 0 saturated carbocycles. The van der Waals surface area contributed by atoms with Gasteiger partial charge in [-0.25, -0.2) is 4.39 Å². The van der Waals surface area contributed by atoms with Crippen LogP contribution in [0.25, 0.3) is 0 Å². The van der Waals surface area contributed by atoms with Gasteiger partial charge in [0.15, 0.2) is 0 Å². The number of nitrogens with zero attached hydrogens (tertiary/aromatic N) is 1. The predicted octanol–water partition coefficient (Wildman–Crippen LogP) is 5.04. The van der Waals surface area contributed by atoms with Crippen molar-refractivity contribution in [1.82, 2.24) is 10.2 Å². The minimum atomic E-state index is -0.893. The van der Waals surface area contributed by atoms with Crippen LogP contribution in [0.15, 0.2) is 84.9 Å². The molecule has 0 bridgehead atoms. The fourth-order valence-electron chi connectivity index (χ4n) is 5.28. The van der Waals surface area contributed by atoms with Crippen molar-refractivity contribution in [2.45, 2.75) is 36.7 Å². The second-order valence-electron chi connectivity index (χ2n) is 9.30. The Labute approximate surface area is 213 Å². The molecular formula is C29H34ClFN2O2. The zero-order valence-corrected chi connectivity index (χ0v) is 20.7. The van der Waals surface area contributed by atoms with E-state index in [2.05, 4.69) is 58.7 Å². The summed E-state index contributed by atoms with van der Waals surface area (Å²) < 4.78 is 13.3. The number of likely N-dealkylation sites (tertiary alicyclic amines) is 1. The van der Waals surface area contributed by atoms with E-state index < -0.39 is 5.60 Å². The summed E-state index contributed by atoms with van der Waals surface area (Å²) in [5.74, 6) is -0.283. The summed E-state index contributed by atoms with van der Waals surface area (Å²) in [7, 11) is 0. The maximum atomic E-state index is 13.3. The van der Waals surface area contributed by atoms with E-state index >= 15 is 0 Å². The monoisotopic (exact) mass is 496 g/mol. The highest BCUT2D eigenvalue weighted by Crippen LogP contribution is 2.37. The number of rotatable bonds is 10. The van der Waals surface area contributed by atoms with Crippen LogP contribution in [-0.2, 0) is 15.8 Å². The van der Waals surface area contributed by atoms with Gasteiger partial charge in [0.05, 0.1) is 5.60 Å². The molecular weight excluding hydrogens is 463 g/mol. The summed E-state index contributed by atoms with van der Waals surface area (Å²) in [5.41, 5.74) is 1.98. The smallest absolute Gasteiger partial charge is 0.207 e. The largest absolute Gasteiger partial charge is 0.385 e. The number of hydrogen-bond donors (Lipinski definition) is 2. The Morgan fingerprint density at radius 3 is 1.97 bits per heavy atom. The maximum absolute atomic E-state index is 13.3. The predicted molar refractivity (Wildman–Crippen MR) is 140 cm³/mol. The Balaban J connectivity index is 0.00000342. The molecule has 1 heterocycles. The van der Waals surface area contributed by atoms with Gasteiger partial charge in [-0.05, 0) is 61.1 Å². The highest BCUT2D eigenvalue weighted by molar-refractivity contribution is 5.85. The number of hydrogen-bond acceptors (Lipinski definition) is 3. The lowest BCUT2D eigenvalue weighted by molar-refractivity contribution is -0.109. The highest BCUT2D eigenvalue weighted by atomic mass is 35.5. The summed E-state index contributed by atoms with van der Waals surface area (Å²) >= 11 is 0. The van der Waals surface area contributed by atoms with Crippen LogP contribution in [-0.4, -0.2) is 42.6 Å². The summed E-state index contributed by atoms with van der Waals surface area (Å²) in [6.45, 7) is 3.05. The van der Waals surface area contributed by atoms with E-state index in [4.69, 9.17) is 0 Å². The maximum Gasteiger partial charge on any atom is 0.207 e. The Morgan fingerprint density at radius 2 is 1.46 bits per heavy atom. The molecule has 6 heteroatoms. The fraction of sp³-hybridized carbons (Fsp3) is 0.345. The van der Waals surface area contributed by atoms with E-state index in [-0.39, 0.29) is 23.6 Å². The first-order valence-corrected chi connectivity index (χ1v) is 12.0. The number of aliphatic hydroxyl groups is 1. The van der Waals surface area contributed by atoms with Crippen LogP contribution in [0.4, 0.5) is 4.39 Å². The van der Waals surface area contributed by atoms with E-state index in [1.54, 1.807) is 12.1 Å². The van der Waals surface area contributed by atoms with Gasteiger partial charge in [0.25, 0.3) is 0 Å². The number of piperidine rings is 1. The molecule has 1 aliphatic heterocycles. The highest BCUT2D eigenvalue weighted by Gasteiger charge is 2.36. The van der Waals surface area contributed by atoms with Gasteiger partial charge in [0.2, 0.25) is 6.41 Å². The van der Waals surface area contributed by atoms with Crippen LogP contribution in [0.3, 0.4) is 0 Å². The van der Waals surface area contributed by atoms with Gasteiger partial charge in [-0.3, -0.25) is 4.79 Å². The van der Waals surface area contributed by atoms with Gasteiger partial charge in [-0.2, -0.15) is 0 Å². The molecule has 0 atom stereocenters. The van der Waals surface area contributed by atoms with Gasteiger partial charge in [0, 0.05) is 25.0 Å². The second kappa shape index (κ2) is 12.3. The summed E-state index contributed by atoms with van der Waals surface area (Å²) in [6, 6.07) is 27.0. The third-order valence-electron chi connectivity index (χ3n) is 7.28. The van der Waals surface area contributed by atoms with E-state index in [9.17, 15) is 14.3 Å². The van der Waals surface area contributed by atoms with Gasteiger partial charge in [-0.15, -0.1) is 12.4 Å². The summed E-state index contributed by atoms with van der Waals surface area (Å²) in [4.78, 5) is 13.7. The molecule has 3 aromatic carbocycles. The van der Waals surface area contributed by atoms with Crippen LogP contribution in [0, 0.1) is 5.82 Å². The van der Waals surface area contributed by atoms with Crippen molar-refractivity contribution in [2.75, 3.05) is 26.2 Å². The molecule has 0 aliphatic carbocycles. The zero-order valence-electron chi connectivity index (χ0n) is 19.9. The van der Waals surface area contributed by atoms with E-state index in [0.29, 0.717) is 19.4 Å². The van der Waals surface area contributed by atoms with Crippen LogP contribution in [0.1, 0.15) is 42.4 Å². The van der Waals surface area contributed by atoms with Crippen molar-refractivity contribution in [2.24, 2.45) is 0 Å². The summed E-state index contributed by atoms with van der Waals surface area (Å²) in [5, 5.41) is 14.1. The van der Waals surface area contributed by atoms with Crippen molar-refractivity contribution < 1.29 is 14.3 Å². The van der Waals surface area contributed by atoms with E-state index in [1.807, 2.05) is 12.1 Å². The molecule has 1 saturated heterocycles. The first kappa shape index (κ1) is 26.9. The van der Waals surface area contributed by atoms with Crippen molar-refractivity contribution in [3.63, 3.8) is 0 Å². The third kappa shape index (κ3) is 6.29. The number of benzene rings is 3. The molecule has 3 aromatic rings. The molecule has 4 nitrogen and oxygen atoms in total. The second-order valence-corrected chi connectivity index (χ2v) is 9.30. The minimum absolute atomic E-state index is 0. The molecule has 1 fully saturated rings. The third-order valence-corrected chi connectivity index (χ3v) is 7.28. The quantitative estimate of drug-likeness (QED) is 0.386. The molecule has 35 heavy (non-hydrogen) atoms. The number of carbonyl (C=O) groups is 1. The van der Waals surface area contributed by atoms with Crippen LogP contribution < -0.4 is 5.32 Å². The molecule has 186 valence electrons. The normalized spacial score (nSPS) is 15.7. The Bertz CT molecular complexity index is 1000. The molecule has 1 amide bonds. The SMILES string of the molecule is Cl.O=CNCC(CCCN1CCC(O)(c2ccc(F)cc2)CC1)(c1ccccc1)c1ccccc1. The number of nitrogens with one attached hydrogen (secondary N) is 1. The fourth-order valence-corrected chi connectivity index (χ4v) is 5.28. The lowest BCUT2D eigenvalue weighted by atomic mass is 9.71. The van der Waals surface area contributed by atoms with Gasteiger partial charge in [0.1, 0.15) is 5.82 Å². The van der Waals surface area contributed by atoms with Gasteiger partial charge < -0.3 is 15.3 Å². The zero-order chi connectivity index (χ0) is 23.9. The number of amides is 1. The van der Waals surface area contributed by atoms with Crippen molar-refractivity contribution >= 4 is 18.8 Å². The molecule has 0 radical (unpaired) electrons. The van der Waals surface area contributed by atoms with Crippen molar-refractivity contribution in [1.29, 1.82) is 0 Å². The van der Waals surface area contributed by atoms with E-state index in [0.717, 1.165) is 44.4 Å². The molecule has 0 spiro atoms. The molecule has 4 rings (SSSR count). The minimum Gasteiger partial charge on any atom is -0.385 e. The first-order chi connectivity index (χ1) is 16.6. The van der Waals surface area contributed by atoms with E-state index in [1.165, 1.54) is 23.3 Å². The van der Waals surface area contributed by atoms with Crippen LogP contribution >= 0.6 is 12.4 Å². The average Bonchev–Trinajstić information content (AvgIpc) is 2.89. The first-order valence-electron chi connectivity index (χ1n) is 12.0. The lowest BCUT2D eigenvalue weighted by Gasteiger charge is -2.40. The van der Waals surface area contributed by atoms with Crippen molar-refractivity contribution in [3.8, 4) is 0 Å². The summed E-state index contributed by atoms with van der Waals surface area (Å²) in [6.07, 6.45) is 3.89. The van der Waals surface area contributed by atoms with Crippen LogP contribution in [0.5, 0.6) is 0 Å². The molecule has 1 aliphatic rings. The Morgan fingerprint density at radius 1 is 0.914 bits per heavy atom.